The highest BCUT2D eigenvalue weighted by Crippen LogP contribution is 2.33. The van der Waals surface area contributed by atoms with Crippen molar-refractivity contribution < 1.29 is 20.4 Å². The Morgan fingerprint density at radius 3 is 1.48 bits per heavy atom. The van der Waals surface area contributed by atoms with Crippen molar-refractivity contribution in [2.75, 3.05) is 0 Å². The fraction of sp³-hybridized carbons (Fsp3) is 0.345. The van der Waals surface area contributed by atoms with Crippen molar-refractivity contribution in [1.82, 2.24) is 29.1 Å². The Morgan fingerprint density at radius 1 is 0.627 bits per heavy atom. The molecule has 0 spiro atoms. The summed E-state index contributed by atoms with van der Waals surface area (Å²) in [4.78, 5) is 45.0. The molecule has 6 atom stereocenters. The second-order valence-electron chi connectivity index (χ2n) is 17.9. The molecular weight excluding hydrogens is 841 g/mol. The molecule has 4 N–H and O–H groups in total. The molecule has 2 saturated carbocycles. The smallest absolute Gasteiger partial charge is 0.261 e. The maximum Gasteiger partial charge on any atom is 0.261 e. The number of fused-ring (bicyclic) bond motifs is 6. The van der Waals surface area contributed by atoms with Gasteiger partial charge in [-0.1, -0.05) is 94.6 Å². The number of benzene rings is 4. The Kier molecular flexibility index (Phi) is 14.5. The molecule has 8 aromatic rings. The van der Waals surface area contributed by atoms with Gasteiger partial charge in [-0.25, -0.2) is 9.97 Å². The minimum atomic E-state index is -0.690. The Morgan fingerprint density at radius 2 is 1.06 bits per heavy atom. The van der Waals surface area contributed by atoms with Crippen LogP contribution < -0.4 is 11.1 Å². The minimum absolute atomic E-state index is 0. The van der Waals surface area contributed by atoms with Crippen molar-refractivity contribution in [3.05, 3.63) is 177 Å². The van der Waals surface area contributed by atoms with E-state index >= 15 is 0 Å². The van der Waals surface area contributed by atoms with Crippen LogP contribution in [0.2, 0.25) is 0 Å². The lowest BCUT2D eigenvalue weighted by molar-refractivity contribution is 0.0733. The van der Waals surface area contributed by atoms with Gasteiger partial charge in [-0.05, 0) is 103 Å². The quantitative estimate of drug-likeness (QED) is 0.0765. The first-order valence-corrected chi connectivity index (χ1v) is 23.2. The maximum atomic E-state index is 13.5. The average Bonchev–Trinajstić information content (AvgIpc) is 3.35. The molecule has 346 valence electrons. The molecule has 0 bridgehead atoms. The Labute approximate surface area is 390 Å². The lowest BCUT2D eigenvalue weighted by Gasteiger charge is -2.29. The highest BCUT2D eigenvalue weighted by molar-refractivity contribution is 6.07. The Balaban J connectivity index is 0.000000179. The van der Waals surface area contributed by atoms with Crippen molar-refractivity contribution in [2.45, 2.75) is 121 Å². The molecule has 67 heavy (non-hydrogen) atoms. The van der Waals surface area contributed by atoms with Crippen LogP contribution in [0.15, 0.2) is 132 Å². The fourth-order valence-electron chi connectivity index (χ4n) is 9.97. The van der Waals surface area contributed by atoms with Gasteiger partial charge in [-0.2, -0.15) is 0 Å². The fourth-order valence-corrected chi connectivity index (χ4v) is 9.97. The van der Waals surface area contributed by atoms with Crippen molar-refractivity contribution in [1.29, 1.82) is 0 Å². The molecule has 2 fully saturated rings. The SMILES string of the molecule is C.C=CC(O)c1ccc(Cc2cc3c(=O)n([C@H]4CCCC[C@@H]4O)cnc3c3ccncc23)cc1.CCC(O)c1ccc(Cc2cc3c(=O)n([C@H]4CCCC[C@@H]4O)cnc3c3ccncc23)cc1. The molecule has 0 aliphatic heterocycles. The Bertz CT molecular complexity index is 3150. The van der Waals surface area contributed by atoms with Gasteiger partial charge in [0.2, 0.25) is 0 Å². The monoisotopic (exact) mass is 900 g/mol. The molecule has 12 heteroatoms. The van der Waals surface area contributed by atoms with Gasteiger partial charge in [-0.3, -0.25) is 28.7 Å². The van der Waals surface area contributed by atoms with E-state index in [1.165, 1.54) is 6.08 Å². The summed E-state index contributed by atoms with van der Waals surface area (Å²) in [6, 6.07) is 22.9. The third-order valence-electron chi connectivity index (χ3n) is 13.7. The van der Waals surface area contributed by atoms with Crippen LogP contribution in [0.3, 0.4) is 0 Å². The van der Waals surface area contributed by atoms with Gasteiger partial charge in [0, 0.05) is 46.3 Å². The number of rotatable bonds is 10. The number of aliphatic hydroxyl groups excluding tert-OH is 4. The minimum Gasteiger partial charge on any atom is -0.391 e. The predicted octanol–water partition coefficient (Wildman–Crippen LogP) is 9.32. The third-order valence-corrected chi connectivity index (χ3v) is 13.7. The van der Waals surface area contributed by atoms with E-state index < -0.39 is 24.4 Å². The second kappa shape index (κ2) is 20.6. The van der Waals surface area contributed by atoms with Gasteiger partial charge in [0.15, 0.2) is 0 Å². The van der Waals surface area contributed by atoms with E-state index in [9.17, 15) is 30.0 Å². The van der Waals surface area contributed by atoms with Gasteiger partial charge >= 0.3 is 0 Å². The van der Waals surface area contributed by atoms with Crippen LogP contribution in [0.5, 0.6) is 0 Å². The summed E-state index contributed by atoms with van der Waals surface area (Å²) >= 11 is 0. The summed E-state index contributed by atoms with van der Waals surface area (Å²) < 4.78 is 3.25. The zero-order chi connectivity index (χ0) is 45.9. The average molecular weight is 901 g/mol. The van der Waals surface area contributed by atoms with Crippen LogP contribution in [0, 0.1) is 0 Å². The molecule has 2 aliphatic rings. The first-order chi connectivity index (χ1) is 32.1. The van der Waals surface area contributed by atoms with Gasteiger partial charge < -0.3 is 20.4 Å². The van der Waals surface area contributed by atoms with E-state index in [-0.39, 0.29) is 30.6 Å². The summed E-state index contributed by atoms with van der Waals surface area (Å²) in [6.07, 6.45) is 18.5. The topological polar surface area (TPSA) is 176 Å². The lowest BCUT2D eigenvalue weighted by atomic mass is 9.92. The van der Waals surface area contributed by atoms with Gasteiger partial charge in [0.05, 0.1) is 71.0 Å². The zero-order valence-electron chi connectivity index (χ0n) is 37.2. The summed E-state index contributed by atoms with van der Waals surface area (Å²) in [5, 5.41) is 45.9. The van der Waals surface area contributed by atoms with Crippen LogP contribution in [-0.4, -0.2) is 61.7 Å². The van der Waals surface area contributed by atoms with E-state index in [1.807, 2.05) is 92.1 Å². The zero-order valence-corrected chi connectivity index (χ0v) is 37.2. The third kappa shape index (κ3) is 9.57. The number of pyridine rings is 2. The van der Waals surface area contributed by atoms with Crippen molar-refractivity contribution in [3.63, 3.8) is 0 Å². The summed E-state index contributed by atoms with van der Waals surface area (Å²) in [5.41, 5.74) is 6.96. The standard InChI is InChI=1S/C27H29N3O3.C27H27N3O3.CH4/c2*1-2-24(31)18-9-7-17(8-10-18)13-19-14-21-26(20-11-12-28-15-22(19)20)29-16-30(27(21)33)23-5-3-4-6-25(23)32;/h7-12,14-16,23-25,31-32H,2-6,13H2,1H3;2,7-12,14-16,23-25,31-32H,1,3-6,13H2;1H4/t2*23-,24?,25-;/m00./s1. The Hall–Kier alpha value is -6.44. The molecule has 4 heterocycles. The number of aliphatic hydroxyl groups is 4. The summed E-state index contributed by atoms with van der Waals surface area (Å²) in [7, 11) is 0. The number of hydrogen-bond donors (Lipinski definition) is 4. The summed E-state index contributed by atoms with van der Waals surface area (Å²) in [6.45, 7) is 5.59. The van der Waals surface area contributed by atoms with Gasteiger partial charge in [0.25, 0.3) is 11.1 Å². The molecule has 0 radical (unpaired) electrons. The summed E-state index contributed by atoms with van der Waals surface area (Å²) in [5.74, 6) is 0. The largest absolute Gasteiger partial charge is 0.391 e. The first-order valence-electron chi connectivity index (χ1n) is 23.2. The van der Waals surface area contributed by atoms with E-state index in [1.54, 1.807) is 34.2 Å². The molecule has 4 aromatic heterocycles. The highest BCUT2D eigenvalue weighted by atomic mass is 16.3. The van der Waals surface area contributed by atoms with Crippen LogP contribution in [0.1, 0.15) is 130 Å². The van der Waals surface area contributed by atoms with Crippen LogP contribution in [-0.2, 0) is 12.8 Å². The van der Waals surface area contributed by atoms with Crippen LogP contribution >= 0.6 is 0 Å². The lowest BCUT2D eigenvalue weighted by Crippen LogP contribution is -2.34. The molecule has 2 aliphatic carbocycles. The maximum absolute atomic E-state index is 13.5. The van der Waals surface area contributed by atoms with Crippen molar-refractivity contribution >= 4 is 43.4 Å². The first kappa shape index (κ1) is 47.1. The van der Waals surface area contributed by atoms with E-state index in [0.717, 1.165) is 93.5 Å². The normalized spacial score (nSPS) is 19.4. The number of nitrogens with zero attached hydrogens (tertiary/aromatic N) is 6. The van der Waals surface area contributed by atoms with Crippen LogP contribution in [0.25, 0.3) is 43.4 Å². The van der Waals surface area contributed by atoms with Crippen molar-refractivity contribution in [2.24, 2.45) is 0 Å². The van der Waals surface area contributed by atoms with Gasteiger partial charge in [-0.15, -0.1) is 6.58 Å². The number of aromatic nitrogens is 6. The van der Waals surface area contributed by atoms with Crippen LogP contribution in [0.4, 0.5) is 0 Å². The molecule has 12 nitrogen and oxygen atoms in total. The van der Waals surface area contributed by atoms with E-state index in [4.69, 9.17) is 0 Å². The van der Waals surface area contributed by atoms with Gasteiger partial charge in [0.1, 0.15) is 0 Å². The molecule has 0 saturated heterocycles. The highest BCUT2D eigenvalue weighted by Gasteiger charge is 2.28. The molecule has 4 aromatic carbocycles. The molecule has 0 amide bonds. The molecule has 2 unspecified atom stereocenters. The second-order valence-corrected chi connectivity index (χ2v) is 17.9. The number of hydrogen-bond acceptors (Lipinski definition) is 10. The van der Waals surface area contributed by atoms with E-state index in [0.29, 0.717) is 53.9 Å². The molecular formula is C55H60N6O6. The predicted molar refractivity (Wildman–Crippen MR) is 265 cm³/mol. The molecule has 10 rings (SSSR count). The van der Waals surface area contributed by atoms with E-state index in [2.05, 4.69) is 26.5 Å². The van der Waals surface area contributed by atoms with Crippen molar-refractivity contribution in [3.8, 4) is 0 Å².